The van der Waals surface area contributed by atoms with E-state index < -0.39 is 47.8 Å². The molecule has 172 valence electrons. The van der Waals surface area contributed by atoms with Crippen molar-refractivity contribution in [2.45, 2.75) is 38.3 Å². The molecule has 4 unspecified atom stereocenters. The van der Waals surface area contributed by atoms with Crippen molar-refractivity contribution in [2.24, 2.45) is 11.8 Å². The van der Waals surface area contributed by atoms with Crippen molar-refractivity contribution >= 4 is 29.5 Å². The zero-order chi connectivity index (χ0) is 23.8. The lowest BCUT2D eigenvalue weighted by Gasteiger charge is -2.29. The van der Waals surface area contributed by atoms with Gasteiger partial charge in [0.25, 0.3) is 0 Å². The number of benzene rings is 2. The molecular weight excluding hydrogens is 420 g/mol. The van der Waals surface area contributed by atoms with Crippen LogP contribution in [0.3, 0.4) is 0 Å². The monoisotopic (exact) mass is 448 g/mol. The number of carboxylic acid groups (broad SMARTS) is 1. The molecule has 0 bridgehead atoms. The average Bonchev–Trinajstić information content (AvgIpc) is 3.31. The van der Waals surface area contributed by atoms with Gasteiger partial charge in [-0.3, -0.25) is 19.7 Å². The largest absolute Gasteiger partial charge is 0.480 e. The Hall–Kier alpha value is -3.29. The molecule has 2 saturated heterocycles. The number of carbonyl (C=O) groups is 3. The molecule has 7 nitrogen and oxygen atoms in total. The van der Waals surface area contributed by atoms with Gasteiger partial charge in [-0.2, -0.15) is 0 Å². The van der Waals surface area contributed by atoms with E-state index in [1.807, 2.05) is 62.4 Å². The van der Waals surface area contributed by atoms with E-state index in [9.17, 15) is 24.6 Å². The van der Waals surface area contributed by atoms with Crippen LogP contribution >= 0.6 is 0 Å². The Kier molecular flexibility index (Phi) is 6.19. The molecule has 0 spiro atoms. The Morgan fingerprint density at radius 1 is 1.03 bits per heavy atom. The number of carbonyl (C=O) groups excluding carboxylic acids is 2. The SMILES string of the molecule is CCc1cccc(CC)c1N1C(=O)C2C(/C=C/c3ccccc3)NC(CO)(C(=O)O)C2C1=O. The van der Waals surface area contributed by atoms with Gasteiger partial charge in [-0.05, 0) is 29.5 Å². The Morgan fingerprint density at radius 2 is 1.67 bits per heavy atom. The van der Waals surface area contributed by atoms with E-state index in [-0.39, 0.29) is 0 Å². The number of imide groups is 1. The average molecular weight is 449 g/mol. The molecule has 2 aliphatic heterocycles. The number of aliphatic carboxylic acids is 1. The van der Waals surface area contributed by atoms with Crippen LogP contribution in [0, 0.1) is 11.8 Å². The second-order valence-electron chi connectivity index (χ2n) is 8.52. The first-order chi connectivity index (χ1) is 15.9. The topological polar surface area (TPSA) is 107 Å². The molecule has 0 aliphatic carbocycles. The third-order valence-corrected chi connectivity index (χ3v) is 6.81. The highest BCUT2D eigenvalue weighted by Crippen LogP contribution is 2.46. The Labute approximate surface area is 192 Å². The van der Waals surface area contributed by atoms with Crippen LogP contribution in [0.15, 0.2) is 54.6 Å². The molecule has 2 aromatic rings. The minimum absolute atomic E-state index is 0.438. The molecule has 3 N–H and O–H groups in total. The smallest absolute Gasteiger partial charge is 0.327 e. The highest BCUT2D eigenvalue weighted by molar-refractivity contribution is 6.25. The van der Waals surface area contributed by atoms with E-state index in [1.165, 1.54) is 4.90 Å². The van der Waals surface area contributed by atoms with Crippen LogP contribution in [0.5, 0.6) is 0 Å². The second kappa shape index (κ2) is 8.92. The first-order valence-electron chi connectivity index (χ1n) is 11.2. The van der Waals surface area contributed by atoms with Crippen LogP contribution in [-0.2, 0) is 27.2 Å². The molecule has 4 atom stereocenters. The quantitative estimate of drug-likeness (QED) is 0.562. The summed E-state index contributed by atoms with van der Waals surface area (Å²) in [6.45, 7) is 3.10. The summed E-state index contributed by atoms with van der Waals surface area (Å²) in [5, 5.41) is 23.1. The Bertz CT molecular complexity index is 1090. The standard InChI is InChI=1S/C26H28N2O5/c1-3-17-11-8-12-18(4-2)22(17)28-23(30)20-19(14-13-16-9-6-5-7-10-16)27-26(15-29,25(32)33)21(20)24(28)31/h5-14,19-21,27,29H,3-4,15H2,1-2H3,(H,32,33)/b14-13+. The highest BCUT2D eigenvalue weighted by Gasteiger charge is 2.68. The van der Waals surface area contributed by atoms with Crippen LogP contribution in [0.1, 0.15) is 30.5 Å². The van der Waals surface area contributed by atoms with Crippen molar-refractivity contribution in [3.63, 3.8) is 0 Å². The lowest BCUT2D eigenvalue weighted by atomic mass is 9.80. The fourth-order valence-corrected chi connectivity index (χ4v) is 5.12. The summed E-state index contributed by atoms with van der Waals surface area (Å²) in [6.07, 6.45) is 4.75. The number of para-hydroxylation sites is 1. The normalized spacial score (nSPS) is 26.9. The number of nitrogens with zero attached hydrogens (tertiary/aromatic N) is 1. The lowest BCUT2D eigenvalue weighted by molar-refractivity contribution is -0.150. The van der Waals surface area contributed by atoms with Gasteiger partial charge >= 0.3 is 5.97 Å². The van der Waals surface area contributed by atoms with Gasteiger partial charge < -0.3 is 10.2 Å². The summed E-state index contributed by atoms with van der Waals surface area (Å²) in [6, 6.07) is 14.3. The molecule has 0 radical (unpaired) electrons. The van der Waals surface area contributed by atoms with Gasteiger partial charge in [-0.1, -0.05) is 74.5 Å². The van der Waals surface area contributed by atoms with Crippen LogP contribution in [0.25, 0.3) is 6.08 Å². The van der Waals surface area contributed by atoms with Crippen LogP contribution in [0.2, 0.25) is 0 Å². The van der Waals surface area contributed by atoms with Crippen LogP contribution in [0.4, 0.5) is 5.69 Å². The van der Waals surface area contributed by atoms with Gasteiger partial charge in [0.1, 0.15) is 0 Å². The zero-order valence-electron chi connectivity index (χ0n) is 18.7. The van der Waals surface area contributed by atoms with E-state index in [1.54, 1.807) is 12.2 Å². The summed E-state index contributed by atoms with van der Waals surface area (Å²) in [4.78, 5) is 40.9. The molecule has 2 heterocycles. The third kappa shape index (κ3) is 3.57. The van der Waals surface area contributed by atoms with E-state index >= 15 is 0 Å². The number of nitrogens with one attached hydrogen (secondary N) is 1. The summed E-state index contributed by atoms with van der Waals surface area (Å²) in [7, 11) is 0. The van der Waals surface area contributed by atoms with Crippen molar-refractivity contribution < 1.29 is 24.6 Å². The second-order valence-corrected chi connectivity index (χ2v) is 8.52. The summed E-state index contributed by atoms with van der Waals surface area (Å²) in [5.74, 6) is -4.52. The molecular formula is C26H28N2O5. The maximum Gasteiger partial charge on any atom is 0.327 e. The summed E-state index contributed by atoms with van der Waals surface area (Å²) >= 11 is 0. The van der Waals surface area contributed by atoms with Gasteiger partial charge in [-0.15, -0.1) is 0 Å². The van der Waals surface area contributed by atoms with E-state index in [0.717, 1.165) is 16.7 Å². The molecule has 0 aromatic heterocycles. The van der Waals surface area contributed by atoms with Crippen molar-refractivity contribution in [3.8, 4) is 0 Å². The number of aliphatic hydroxyl groups is 1. The van der Waals surface area contributed by atoms with Gasteiger partial charge in [0.05, 0.1) is 24.1 Å². The van der Waals surface area contributed by atoms with Gasteiger partial charge in [0.15, 0.2) is 5.54 Å². The lowest BCUT2D eigenvalue weighted by Crippen LogP contribution is -2.59. The Balaban J connectivity index is 1.82. The molecule has 2 fully saturated rings. The molecule has 4 rings (SSSR count). The number of carboxylic acids is 1. The minimum atomic E-state index is -1.94. The number of amides is 2. The summed E-state index contributed by atoms with van der Waals surface area (Å²) in [5.41, 5.74) is 1.20. The predicted octanol–water partition coefficient (Wildman–Crippen LogP) is 2.42. The number of hydrogen-bond donors (Lipinski definition) is 3. The van der Waals surface area contributed by atoms with Gasteiger partial charge in [0, 0.05) is 6.04 Å². The van der Waals surface area contributed by atoms with E-state index in [4.69, 9.17) is 0 Å². The number of rotatable bonds is 7. The van der Waals surface area contributed by atoms with Crippen molar-refractivity contribution in [3.05, 3.63) is 71.3 Å². The maximum atomic E-state index is 13.7. The van der Waals surface area contributed by atoms with Gasteiger partial charge in [0.2, 0.25) is 11.8 Å². The van der Waals surface area contributed by atoms with Crippen LogP contribution < -0.4 is 10.2 Å². The van der Waals surface area contributed by atoms with Crippen LogP contribution in [-0.4, -0.2) is 46.2 Å². The number of hydrogen-bond acceptors (Lipinski definition) is 5. The molecule has 2 amide bonds. The number of anilines is 1. The Morgan fingerprint density at radius 3 is 2.21 bits per heavy atom. The molecule has 2 aromatic carbocycles. The predicted molar refractivity (Wildman–Crippen MR) is 125 cm³/mol. The maximum absolute atomic E-state index is 13.7. The molecule has 7 heteroatoms. The first kappa shape index (κ1) is 22.9. The highest BCUT2D eigenvalue weighted by atomic mass is 16.4. The molecule has 0 saturated carbocycles. The minimum Gasteiger partial charge on any atom is -0.480 e. The summed E-state index contributed by atoms with van der Waals surface area (Å²) < 4.78 is 0. The zero-order valence-corrected chi connectivity index (χ0v) is 18.7. The first-order valence-corrected chi connectivity index (χ1v) is 11.2. The fourth-order valence-electron chi connectivity index (χ4n) is 5.12. The fraction of sp³-hybridized carbons (Fsp3) is 0.346. The number of fused-ring (bicyclic) bond motifs is 1. The van der Waals surface area contributed by atoms with E-state index in [2.05, 4.69) is 5.32 Å². The third-order valence-electron chi connectivity index (χ3n) is 6.81. The van der Waals surface area contributed by atoms with Crippen molar-refractivity contribution in [2.75, 3.05) is 11.5 Å². The van der Waals surface area contributed by atoms with E-state index in [0.29, 0.717) is 18.5 Å². The molecule has 2 aliphatic rings. The van der Waals surface area contributed by atoms with Crippen molar-refractivity contribution in [1.29, 1.82) is 0 Å². The number of aliphatic hydroxyl groups excluding tert-OH is 1. The molecule has 33 heavy (non-hydrogen) atoms. The number of aryl methyl sites for hydroxylation is 2. The van der Waals surface area contributed by atoms with Crippen molar-refractivity contribution in [1.82, 2.24) is 5.32 Å². The van der Waals surface area contributed by atoms with Gasteiger partial charge in [-0.25, -0.2) is 4.90 Å².